The Labute approximate surface area is 133 Å². The van der Waals surface area contributed by atoms with E-state index in [-0.39, 0.29) is 24.8 Å². The number of halogens is 3. The van der Waals surface area contributed by atoms with Crippen LogP contribution in [0.25, 0.3) is 0 Å². The first-order valence-electron chi connectivity index (χ1n) is 7.69. The Kier molecular flexibility index (Phi) is 4.54. The third kappa shape index (κ3) is 3.10. The van der Waals surface area contributed by atoms with Crippen molar-refractivity contribution in [3.8, 4) is 0 Å². The fourth-order valence-corrected chi connectivity index (χ4v) is 4.13. The largest absolute Gasteiger partial charge is 0.490 e. The summed E-state index contributed by atoms with van der Waals surface area (Å²) in [7, 11) is -0.204. The van der Waals surface area contributed by atoms with Gasteiger partial charge in [0.1, 0.15) is 0 Å². The molecule has 0 radical (unpaired) electrons. The Hall–Kier alpha value is -0.795. The second kappa shape index (κ2) is 5.63. The van der Waals surface area contributed by atoms with Crippen molar-refractivity contribution in [3.63, 3.8) is 0 Å². The maximum Gasteiger partial charge on any atom is 0.490 e. The minimum Gasteiger partial charge on any atom is -0.475 e. The average Bonchev–Trinajstić information content (AvgIpc) is 2.75. The second-order valence-corrected chi connectivity index (χ2v) is 7.50. The van der Waals surface area contributed by atoms with E-state index in [2.05, 4.69) is 20.8 Å². The first kappa shape index (κ1) is 18.5. The molecule has 1 saturated heterocycles. The summed E-state index contributed by atoms with van der Waals surface area (Å²) in [5.41, 5.74) is 6.20. The van der Waals surface area contributed by atoms with E-state index in [1.165, 1.54) is 6.42 Å². The fourth-order valence-electron chi connectivity index (χ4n) is 4.13. The summed E-state index contributed by atoms with van der Waals surface area (Å²) in [5.74, 6) is -1.35. The highest BCUT2D eigenvalue weighted by atomic mass is 19.4. The normalized spacial score (nSPS) is 38.8. The lowest BCUT2D eigenvalue weighted by molar-refractivity contribution is -0.199. The van der Waals surface area contributed by atoms with Crippen molar-refractivity contribution in [2.75, 3.05) is 0 Å². The molecule has 0 aromatic carbocycles. The molecule has 9 heteroatoms. The van der Waals surface area contributed by atoms with Gasteiger partial charge in [0, 0.05) is 5.94 Å². The predicted octanol–water partition coefficient (Wildman–Crippen LogP) is 2.23. The average molecular weight is 337 g/mol. The molecule has 132 valence electrons. The molecule has 2 bridgehead atoms. The van der Waals surface area contributed by atoms with Gasteiger partial charge in [0.15, 0.2) is 0 Å². The van der Waals surface area contributed by atoms with Crippen LogP contribution < -0.4 is 5.73 Å². The first-order valence-corrected chi connectivity index (χ1v) is 7.69. The van der Waals surface area contributed by atoms with Gasteiger partial charge in [-0.05, 0) is 37.0 Å². The van der Waals surface area contributed by atoms with E-state index in [0.29, 0.717) is 11.3 Å². The van der Waals surface area contributed by atoms with Crippen molar-refractivity contribution in [1.82, 2.24) is 0 Å². The van der Waals surface area contributed by atoms with Gasteiger partial charge in [-0.15, -0.1) is 0 Å². The van der Waals surface area contributed by atoms with Crippen LogP contribution in [0.3, 0.4) is 0 Å². The maximum atomic E-state index is 10.6. The Morgan fingerprint density at radius 2 is 1.87 bits per heavy atom. The summed E-state index contributed by atoms with van der Waals surface area (Å²) in [4.78, 5) is 8.90. The number of aliphatic carboxylic acids is 1. The number of carboxylic acid groups (broad SMARTS) is 1. The number of carboxylic acids is 1. The van der Waals surface area contributed by atoms with Crippen LogP contribution in [-0.4, -0.2) is 42.0 Å². The smallest absolute Gasteiger partial charge is 0.475 e. The van der Waals surface area contributed by atoms with Crippen LogP contribution in [0, 0.1) is 17.3 Å². The number of rotatable bonds is 1. The zero-order chi connectivity index (χ0) is 17.8. The minimum atomic E-state index is -5.08. The Morgan fingerprint density at radius 1 is 1.35 bits per heavy atom. The van der Waals surface area contributed by atoms with Gasteiger partial charge in [0.25, 0.3) is 0 Å². The quantitative estimate of drug-likeness (QED) is 0.717. The Morgan fingerprint density at radius 3 is 2.26 bits per heavy atom. The van der Waals surface area contributed by atoms with E-state index in [9.17, 15) is 13.2 Å². The highest BCUT2D eigenvalue weighted by molar-refractivity contribution is 6.47. The molecule has 0 aromatic rings. The van der Waals surface area contributed by atoms with E-state index in [1.807, 2.05) is 6.92 Å². The molecular formula is C14H23BF3NO4. The van der Waals surface area contributed by atoms with Gasteiger partial charge in [-0.3, -0.25) is 0 Å². The van der Waals surface area contributed by atoms with Crippen LogP contribution in [0.15, 0.2) is 0 Å². The van der Waals surface area contributed by atoms with Crippen LogP contribution in [0.2, 0.25) is 0 Å². The van der Waals surface area contributed by atoms with E-state index in [0.717, 1.165) is 12.3 Å². The molecular weight excluding hydrogens is 314 g/mol. The molecule has 3 N–H and O–H groups in total. The highest BCUT2D eigenvalue weighted by Crippen LogP contribution is 2.65. The van der Waals surface area contributed by atoms with Crippen LogP contribution in [0.1, 0.15) is 40.5 Å². The van der Waals surface area contributed by atoms with Crippen LogP contribution in [0.4, 0.5) is 13.2 Å². The number of hydrogen-bond donors (Lipinski definition) is 2. The third-order valence-corrected chi connectivity index (χ3v) is 5.64. The molecule has 5 nitrogen and oxygen atoms in total. The van der Waals surface area contributed by atoms with Gasteiger partial charge in [0.2, 0.25) is 0 Å². The van der Waals surface area contributed by atoms with E-state index < -0.39 is 12.1 Å². The molecule has 0 aromatic heterocycles. The summed E-state index contributed by atoms with van der Waals surface area (Å²) in [6.45, 7) is 8.93. The number of alkyl halides is 3. The second-order valence-electron chi connectivity index (χ2n) is 7.50. The minimum absolute atomic E-state index is 0.0391. The van der Waals surface area contributed by atoms with Crippen molar-refractivity contribution < 1.29 is 32.4 Å². The number of hydrogen-bond acceptors (Lipinski definition) is 4. The lowest BCUT2D eigenvalue weighted by atomic mass is 9.43. The molecule has 5 atom stereocenters. The van der Waals surface area contributed by atoms with Crippen molar-refractivity contribution >= 4 is 13.1 Å². The van der Waals surface area contributed by atoms with Crippen molar-refractivity contribution in [1.29, 1.82) is 0 Å². The number of nitrogens with two attached hydrogens (primary N) is 1. The molecule has 1 aliphatic heterocycles. The summed E-state index contributed by atoms with van der Waals surface area (Å²) < 4.78 is 43.9. The molecule has 0 spiro atoms. The molecule has 0 amide bonds. The molecule has 4 fully saturated rings. The topological polar surface area (TPSA) is 81.8 Å². The van der Waals surface area contributed by atoms with Crippen molar-refractivity contribution in [3.05, 3.63) is 0 Å². The lowest BCUT2D eigenvalue weighted by Crippen LogP contribution is -2.65. The predicted molar refractivity (Wildman–Crippen MR) is 77.5 cm³/mol. The molecule has 4 rings (SSSR count). The molecule has 1 heterocycles. The lowest BCUT2D eigenvalue weighted by Gasteiger charge is -2.64. The van der Waals surface area contributed by atoms with Crippen molar-refractivity contribution in [2.45, 2.75) is 64.4 Å². The maximum absolute atomic E-state index is 10.6. The Balaban J connectivity index is 0.000000236. The summed E-state index contributed by atoms with van der Waals surface area (Å²) >= 11 is 0. The standard InChI is InChI=1S/C12H22BNO2.C2HF3O2/c1-7(14)13-15-10-6-8-5-9(11(8,2)3)12(10,4)16-13;3-2(4,5)1(6)7/h7-10H,5-6,14H2,1-4H3;(H,6,7)/t7-,8+,9?,10+,12?;/m0./s1. The van der Waals surface area contributed by atoms with Gasteiger partial charge < -0.3 is 20.1 Å². The monoisotopic (exact) mass is 337 g/mol. The van der Waals surface area contributed by atoms with Gasteiger partial charge in [-0.25, -0.2) is 4.79 Å². The van der Waals surface area contributed by atoms with Crippen LogP contribution in [-0.2, 0) is 14.1 Å². The van der Waals surface area contributed by atoms with E-state index >= 15 is 0 Å². The number of carbonyl (C=O) groups is 1. The molecule has 3 aliphatic carbocycles. The summed E-state index contributed by atoms with van der Waals surface area (Å²) in [6.07, 6.45) is -2.38. The summed E-state index contributed by atoms with van der Waals surface area (Å²) in [6, 6.07) is 0. The Bertz CT molecular complexity index is 485. The fraction of sp³-hybridized carbons (Fsp3) is 0.929. The van der Waals surface area contributed by atoms with Gasteiger partial charge in [-0.2, -0.15) is 13.2 Å². The van der Waals surface area contributed by atoms with Gasteiger partial charge >= 0.3 is 19.3 Å². The summed E-state index contributed by atoms with van der Waals surface area (Å²) in [5, 5.41) is 7.12. The molecule has 4 aliphatic rings. The van der Waals surface area contributed by atoms with Gasteiger partial charge in [-0.1, -0.05) is 20.8 Å². The molecule has 3 saturated carbocycles. The molecule has 23 heavy (non-hydrogen) atoms. The highest BCUT2D eigenvalue weighted by Gasteiger charge is 2.68. The van der Waals surface area contributed by atoms with E-state index in [1.54, 1.807) is 0 Å². The first-order chi connectivity index (χ1) is 10.3. The van der Waals surface area contributed by atoms with Gasteiger partial charge in [0.05, 0.1) is 11.7 Å². The third-order valence-electron chi connectivity index (χ3n) is 5.64. The zero-order valence-electron chi connectivity index (χ0n) is 13.7. The zero-order valence-corrected chi connectivity index (χ0v) is 13.7. The van der Waals surface area contributed by atoms with E-state index in [4.69, 9.17) is 24.9 Å². The molecule has 2 unspecified atom stereocenters. The van der Waals surface area contributed by atoms with Crippen LogP contribution in [0.5, 0.6) is 0 Å². The van der Waals surface area contributed by atoms with Crippen LogP contribution >= 0.6 is 0 Å². The SMILES string of the molecule is C[C@H](N)B1O[C@@H]2C[C@H]3CC(C3(C)C)C2(C)O1.O=C(O)C(F)(F)F. The van der Waals surface area contributed by atoms with Crippen molar-refractivity contribution in [2.24, 2.45) is 23.0 Å².